The summed E-state index contributed by atoms with van der Waals surface area (Å²) < 4.78 is 6.87. The lowest BCUT2D eigenvalue weighted by atomic mass is 10.0. The Morgan fingerprint density at radius 1 is 1.10 bits per heavy atom. The highest BCUT2D eigenvalue weighted by molar-refractivity contribution is 5.98. The van der Waals surface area contributed by atoms with Crippen molar-refractivity contribution in [1.29, 1.82) is 0 Å². The first-order chi connectivity index (χ1) is 14.1. The summed E-state index contributed by atoms with van der Waals surface area (Å²) in [6, 6.07) is 7.07. The van der Waals surface area contributed by atoms with E-state index in [4.69, 9.17) is 4.74 Å². The van der Waals surface area contributed by atoms with Crippen molar-refractivity contribution in [2.75, 3.05) is 44.7 Å². The Morgan fingerprint density at radius 2 is 1.83 bits per heavy atom. The fourth-order valence-corrected chi connectivity index (χ4v) is 4.15. The van der Waals surface area contributed by atoms with Gasteiger partial charge in [-0.1, -0.05) is 0 Å². The number of nitrogens with zero attached hydrogens (tertiary/aromatic N) is 5. The van der Waals surface area contributed by atoms with E-state index in [-0.39, 0.29) is 17.9 Å². The van der Waals surface area contributed by atoms with E-state index in [9.17, 15) is 9.59 Å². The number of ether oxygens (including phenoxy) is 1. The summed E-state index contributed by atoms with van der Waals surface area (Å²) in [5.74, 6) is 0.902. The predicted octanol–water partition coefficient (Wildman–Crippen LogP) is 1.38. The van der Waals surface area contributed by atoms with Crippen LogP contribution in [-0.2, 0) is 11.8 Å². The second-order valence-corrected chi connectivity index (χ2v) is 7.58. The van der Waals surface area contributed by atoms with E-state index >= 15 is 0 Å². The minimum atomic E-state index is -0.123. The lowest BCUT2D eigenvalue weighted by Gasteiger charge is -2.42. The van der Waals surface area contributed by atoms with Crippen LogP contribution in [0.5, 0.6) is 5.75 Å². The normalized spacial score (nSPS) is 20.8. The van der Waals surface area contributed by atoms with Gasteiger partial charge >= 0.3 is 0 Å². The Hall–Kier alpha value is -2.87. The van der Waals surface area contributed by atoms with Gasteiger partial charge in [0.25, 0.3) is 5.91 Å². The summed E-state index contributed by atoms with van der Waals surface area (Å²) in [6.45, 7) is 3.40. The Labute approximate surface area is 170 Å². The zero-order chi connectivity index (χ0) is 20.4. The average Bonchev–Trinajstić information content (AvgIpc) is 3.19. The number of methoxy groups -OCH3 is 1. The van der Waals surface area contributed by atoms with Crippen molar-refractivity contribution in [1.82, 2.24) is 19.6 Å². The highest BCUT2D eigenvalue weighted by Crippen LogP contribution is 2.24. The highest BCUT2D eigenvalue weighted by atomic mass is 16.5. The molecule has 1 atom stereocenters. The third-order valence-corrected chi connectivity index (χ3v) is 5.79. The van der Waals surface area contributed by atoms with Gasteiger partial charge in [0.05, 0.1) is 25.0 Å². The largest absolute Gasteiger partial charge is 0.497 e. The summed E-state index contributed by atoms with van der Waals surface area (Å²) in [6.07, 6.45) is 5.45. The van der Waals surface area contributed by atoms with E-state index in [1.807, 2.05) is 23.0 Å². The summed E-state index contributed by atoms with van der Waals surface area (Å²) in [7, 11) is 3.46. The van der Waals surface area contributed by atoms with E-state index in [0.29, 0.717) is 31.7 Å². The van der Waals surface area contributed by atoms with Gasteiger partial charge in [0.2, 0.25) is 5.91 Å². The zero-order valence-electron chi connectivity index (χ0n) is 17.0. The number of carbonyl (C=O) groups is 2. The maximum atomic E-state index is 13.1. The molecule has 8 heteroatoms. The van der Waals surface area contributed by atoms with Crippen molar-refractivity contribution in [2.45, 2.75) is 18.9 Å². The number of benzene rings is 1. The molecule has 2 fully saturated rings. The SMILES string of the molecule is COc1ccc(C(=O)N2CCN(C3CCCN(c4cnn(C)c4)C3=O)CC2)cc1. The molecule has 1 aromatic carbocycles. The molecule has 154 valence electrons. The molecule has 2 aliphatic heterocycles. The fourth-order valence-electron chi connectivity index (χ4n) is 4.15. The van der Waals surface area contributed by atoms with Crippen LogP contribution in [0.2, 0.25) is 0 Å². The first-order valence-electron chi connectivity index (χ1n) is 10.0. The van der Waals surface area contributed by atoms with E-state index in [1.54, 1.807) is 42.3 Å². The minimum Gasteiger partial charge on any atom is -0.497 e. The molecule has 1 aromatic heterocycles. The van der Waals surface area contributed by atoms with Crippen molar-refractivity contribution in [3.63, 3.8) is 0 Å². The number of anilines is 1. The lowest BCUT2D eigenvalue weighted by molar-refractivity contribution is -0.126. The summed E-state index contributed by atoms with van der Waals surface area (Å²) in [4.78, 5) is 31.8. The third-order valence-electron chi connectivity index (χ3n) is 5.79. The Morgan fingerprint density at radius 3 is 2.45 bits per heavy atom. The van der Waals surface area contributed by atoms with Crippen LogP contribution in [-0.4, -0.2) is 77.3 Å². The highest BCUT2D eigenvalue weighted by Gasteiger charge is 2.36. The van der Waals surface area contributed by atoms with Crippen LogP contribution in [0.4, 0.5) is 5.69 Å². The van der Waals surface area contributed by atoms with E-state index < -0.39 is 0 Å². The number of carbonyl (C=O) groups excluding carboxylic acids is 2. The van der Waals surface area contributed by atoms with Gasteiger partial charge in [-0.3, -0.25) is 19.2 Å². The second kappa shape index (κ2) is 8.24. The third kappa shape index (κ3) is 3.98. The Kier molecular flexibility index (Phi) is 5.53. The van der Waals surface area contributed by atoms with Gasteiger partial charge in [-0.2, -0.15) is 5.10 Å². The van der Waals surface area contributed by atoms with Crippen molar-refractivity contribution in [3.05, 3.63) is 42.2 Å². The number of amides is 2. The molecule has 8 nitrogen and oxygen atoms in total. The molecule has 2 amide bonds. The minimum absolute atomic E-state index is 0.0271. The molecule has 4 rings (SSSR count). The molecule has 0 aliphatic carbocycles. The number of piperazine rings is 1. The summed E-state index contributed by atoms with van der Waals surface area (Å²) in [5.41, 5.74) is 1.52. The number of piperidine rings is 1. The molecule has 0 spiro atoms. The predicted molar refractivity (Wildman–Crippen MR) is 109 cm³/mol. The first-order valence-corrected chi connectivity index (χ1v) is 10.0. The van der Waals surface area contributed by atoms with Crippen molar-refractivity contribution >= 4 is 17.5 Å². The standard InChI is InChI=1S/C21H27N5O3/c1-23-15-17(14-22-23)26-9-3-4-19(21(26)28)24-10-12-25(13-11-24)20(27)16-5-7-18(29-2)8-6-16/h5-8,14-15,19H,3-4,9-13H2,1-2H3. The quantitative estimate of drug-likeness (QED) is 0.780. The van der Waals surface area contributed by atoms with Crippen molar-refractivity contribution < 1.29 is 14.3 Å². The summed E-state index contributed by atoms with van der Waals surface area (Å²) in [5, 5.41) is 4.19. The molecule has 0 radical (unpaired) electrons. The van der Waals surface area contributed by atoms with Crippen LogP contribution in [0.25, 0.3) is 0 Å². The number of aryl methyl sites for hydroxylation is 1. The molecular weight excluding hydrogens is 370 g/mol. The maximum Gasteiger partial charge on any atom is 0.253 e. The molecule has 0 N–H and O–H groups in total. The fraction of sp³-hybridized carbons (Fsp3) is 0.476. The van der Waals surface area contributed by atoms with Crippen LogP contribution in [0.3, 0.4) is 0 Å². The lowest BCUT2D eigenvalue weighted by Crippen LogP contribution is -2.58. The van der Waals surface area contributed by atoms with Gasteiger partial charge in [0, 0.05) is 51.5 Å². The van der Waals surface area contributed by atoms with Crippen molar-refractivity contribution in [2.24, 2.45) is 7.05 Å². The Bertz CT molecular complexity index is 871. The Balaban J connectivity index is 1.37. The summed E-state index contributed by atoms with van der Waals surface area (Å²) >= 11 is 0. The van der Waals surface area contributed by atoms with Gasteiger partial charge in [-0.15, -0.1) is 0 Å². The van der Waals surface area contributed by atoms with Crippen LogP contribution < -0.4 is 9.64 Å². The molecule has 2 aromatic rings. The van der Waals surface area contributed by atoms with E-state index in [0.717, 1.165) is 30.8 Å². The van der Waals surface area contributed by atoms with Crippen molar-refractivity contribution in [3.8, 4) is 5.75 Å². The van der Waals surface area contributed by atoms with Crippen LogP contribution in [0.1, 0.15) is 23.2 Å². The van der Waals surface area contributed by atoms with Gasteiger partial charge < -0.3 is 14.5 Å². The topological polar surface area (TPSA) is 70.9 Å². The number of aromatic nitrogens is 2. The van der Waals surface area contributed by atoms with Gasteiger partial charge in [0.15, 0.2) is 0 Å². The van der Waals surface area contributed by atoms with E-state index in [1.165, 1.54) is 0 Å². The molecule has 2 aliphatic rings. The monoisotopic (exact) mass is 397 g/mol. The van der Waals surface area contributed by atoms with Crippen LogP contribution in [0, 0.1) is 0 Å². The number of rotatable bonds is 4. The maximum absolute atomic E-state index is 13.1. The van der Waals surface area contributed by atoms with E-state index in [2.05, 4.69) is 10.00 Å². The second-order valence-electron chi connectivity index (χ2n) is 7.58. The molecule has 1 unspecified atom stereocenters. The molecule has 29 heavy (non-hydrogen) atoms. The van der Waals surface area contributed by atoms with Crippen LogP contribution >= 0.6 is 0 Å². The van der Waals surface area contributed by atoms with Gasteiger partial charge in [-0.25, -0.2) is 0 Å². The molecule has 3 heterocycles. The smallest absolute Gasteiger partial charge is 0.253 e. The van der Waals surface area contributed by atoms with Crippen LogP contribution in [0.15, 0.2) is 36.7 Å². The molecule has 0 bridgehead atoms. The van der Waals surface area contributed by atoms with Gasteiger partial charge in [0.1, 0.15) is 5.75 Å². The molecule has 0 saturated carbocycles. The number of hydrogen-bond acceptors (Lipinski definition) is 5. The zero-order valence-corrected chi connectivity index (χ0v) is 17.0. The van der Waals surface area contributed by atoms with Gasteiger partial charge in [-0.05, 0) is 37.1 Å². The first kappa shape index (κ1) is 19.4. The molecule has 2 saturated heterocycles. The average molecular weight is 397 g/mol. The molecular formula is C21H27N5O3. The number of hydrogen-bond donors (Lipinski definition) is 0.